The zero-order valence-corrected chi connectivity index (χ0v) is 16.0. The van der Waals surface area contributed by atoms with Crippen LogP contribution in [0, 0.1) is 0 Å². The minimum atomic E-state index is 0.496. The Morgan fingerprint density at radius 1 is 1.11 bits per heavy atom. The molecule has 2 atom stereocenters. The van der Waals surface area contributed by atoms with Crippen LogP contribution in [0.3, 0.4) is 0 Å². The van der Waals surface area contributed by atoms with Gasteiger partial charge in [0, 0.05) is 36.3 Å². The molecule has 0 saturated carbocycles. The first-order chi connectivity index (χ1) is 13.3. The van der Waals surface area contributed by atoms with Crippen LogP contribution in [-0.4, -0.2) is 28.7 Å². The van der Waals surface area contributed by atoms with E-state index in [9.17, 15) is 0 Å². The molecule has 27 heavy (non-hydrogen) atoms. The molecule has 0 unspecified atom stereocenters. The molecule has 2 N–H and O–H groups in total. The van der Waals surface area contributed by atoms with Crippen molar-refractivity contribution in [2.24, 2.45) is 0 Å². The van der Waals surface area contributed by atoms with Crippen molar-refractivity contribution >= 4 is 16.7 Å². The molecule has 0 radical (unpaired) electrons. The fourth-order valence-electron chi connectivity index (χ4n) is 4.72. The van der Waals surface area contributed by atoms with E-state index in [1.54, 1.807) is 0 Å². The van der Waals surface area contributed by atoms with Crippen molar-refractivity contribution in [3.05, 3.63) is 59.4 Å². The minimum Gasteiger partial charge on any atom is -0.382 e. The Morgan fingerprint density at radius 2 is 2.00 bits per heavy atom. The van der Waals surface area contributed by atoms with Crippen LogP contribution in [0.2, 0.25) is 0 Å². The van der Waals surface area contributed by atoms with Gasteiger partial charge in [-0.1, -0.05) is 30.3 Å². The van der Waals surface area contributed by atoms with E-state index >= 15 is 0 Å². The van der Waals surface area contributed by atoms with Crippen LogP contribution in [0.15, 0.2) is 42.5 Å². The summed E-state index contributed by atoms with van der Waals surface area (Å²) in [5.74, 6) is 1.21. The van der Waals surface area contributed by atoms with E-state index in [1.165, 1.54) is 52.9 Å². The molecule has 0 bridgehead atoms. The van der Waals surface area contributed by atoms with E-state index < -0.39 is 0 Å². The van der Waals surface area contributed by atoms with E-state index in [-0.39, 0.29) is 0 Å². The number of fused-ring (bicyclic) bond motifs is 3. The number of nitrogens with zero attached hydrogens (tertiary/aromatic N) is 2. The maximum atomic E-state index is 5.22. The molecule has 0 amide bonds. The normalized spacial score (nSPS) is 22.4. The molecule has 3 aromatic rings. The van der Waals surface area contributed by atoms with Gasteiger partial charge in [-0.2, -0.15) is 0 Å². The number of rotatable bonds is 3. The Bertz CT molecular complexity index is 938. The second-order valence-corrected chi connectivity index (χ2v) is 8.10. The summed E-state index contributed by atoms with van der Waals surface area (Å²) in [7, 11) is 0. The molecule has 0 spiro atoms. The molecule has 1 fully saturated rings. The smallest absolute Gasteiger partial charge is 0.114 e. The van der Waals surface area contributed by atoms with Crippen molar-refractivity contribution < 1.29 is 0 Å². The van der Waals surface area contributed by atoms with Gasteiger partial charge in [0.05, 0.1) is 11.0 Å². The summed E-state index contributed by atoms with van der Waals surface area (Å²) in [4.78, 5) is 5.22. The van der Waals surface area contributed by atoms with Crippen molar-refractivity contribution in [2.45, 2.75) is 51.1 Å². The molecule has 4 nitrogen and oxygen atoms in total. The minimum absolute atomic E-state index is 0.496. The SMILES string of the molecule is C[C@H]1CCc2c(ccc3c2nc(Cc2ccccc2)n3[C@@H]2CCCNC2)N1. The van der Waals surface area contributed by atoms with Gasteiger partial charge in [-0.3, -0.25) is 0 Å². The number of hydrogen-bond acceptors (Lipinski definition) is 3. The van der Waals surface area contributed by atoms with E-state index in [0.29, 0.717) is 12.1 Å². The van der Waals surface area contributed by atoms with Gasteiger partial charge in [0.15, 0.2) is 0 Å². The van der Waals surface area contributed by atoms with Crippen molar-refractivity contribution in [2.75, 3.05) is 18.4 Å². The quantitative estimate of drug-likeness (QED) is 0.732. The first-order valence-corrected chi connectivity index (χ1v) is 10.3. The number of anilines is 1. The van der Waals surface area contributed by atoms with Crippen LogP contribution in [0.5, 0.6) is 0 Å². The van der Waals surface area contributed by atoms with Crippen LogP contribution in [0.1, 0.15) is 49.2 Å². The van der Waals surface area contributed by atoms with Crippen LogP contribution in [0.4, 0.5) is 5.69 Å². The third kappa shape index (κ3) is 3.12. The first-order valence-electron chi connectivity index (χ1n) is 10.3. The van der Waals surface area contributed by atoms with E-state index in [2.05, 4.69) is 64.6 Å². The van der Waals surface area contributed by atoms with Gasteiger partial charge in [0.25, 0.3) is 0 Å². The predicted octanol–water partition coefficient (Wildman–Crippen LogP) is 4.30. The summed E-state index contributed by atoms with van der Waals surface area (Å²) >= 11 is 0. The van der Waals surface area contributed by atoms with Crippen molar-refractivity contribution in [3.63, 3.8) is 0 Å². The van der Waals surface area contributed by atoms with Crippen LogP contribution < -0.4 is 10.6 Å². The summed E-state index contributed by atoms with van der Waals surface area (Å²) in [5, 5.41) is 7.23. The highest BCUT2D eigenvalue weighted by Gasteiger charge is 2.25. The standard InChI is InChI=1S/C23H28N4/c1-16-9-10-19-20(25-16)11-12-21-23(19)26-22(14-17-6-3-2-4-7-17)27(21)18-8-5-13-24-15-18/h2-4,6-7,11-12,16,18,24-25H,5,8-10,13-15H2,1H3/t16-,18+/m0/s1. The lowest BCUT2D eigenvalue weighted by Gasteiger charge is -2.27. The lowest BCUT2D eigenvalue weighted by molar-refractivity contribution is 0.371. The molecular weight excluding hydrogens is 332 g/mol. The molecule has 0 aliphatic carbocycles. The Kier molecular flexibility index (Phi) is 4.36. The highest BCUT2D eigenvalue weighted by molar-refractivity contribution is 5.86. The third-order valence-corrected chi connectivity index (χ3v) is 6.11. The highest BCUT2D eigenvalue weighted by atomic mass is 15.1. The second-order valence-electron chi connectivity index (χ2n) is 8.10. The molecule has 5 rings (SSSR count). The van der Waals surface area contributed by atoms with Crippen molar-refractivity contribution in [1.82, 2.24) is 14.9 Å². The summed E-state index contributed by atoms with van der Waals surface area (Å²) in [6.07, 6.45) is 5.65. The lowest BCUT2D eigenvalue weighted by atomic mass is 9.97. The predicted molar refractivity (Wildman–Crippen MR) is 112 cm³/mol. The number of aromatic nitrogens is 2. The summed E-state index contributed by atoms with van der Waals surface area (Å²) in [6, 6.07) is 16.3. The number of aryl methyl sites for hydroxylation is 1. The number of imidazole rings is 1. The summed E-state index contributed by atoms with van der Waals surface area (Å²) in [5.41, 5.74) is 6.54. The maximum Gasteiger partial charge on any atom is 0.114 e. The molecule has 4 heteroatoms. The van der Waals surface area contributed by atoms with Crippen molar-refractivity contribution in [3.8, 4) is 0 Å². The molecule has 2 aliphatic rings. The molecule has 1 aromatic heterocycles. The largest absolute Gasteiger partial charge is 0.382 e. The van der Waals surface area contributed by atoms with E-state index in [4.69, 9.17) is 4.98 Å². The van der Waals surface area contributed by atoms with E-state index in [0.717, 1.165) is 25.9 Å². The average molecular weight is 361 g/mol. The van der Waals surface area contributed by atoms with Gasteiger partial charge in [0.2, 0.25) is 0 Å². The van der Waals surface area contributed by atoms with Gasteiger partial charge >= 0.3 is 0 Å². The maximum absolute atomic E-state index is 5.22. The molecule has 1 saturated heterocycles. The third-order valence-electron chi connectivity index (χ3n) is 6.11. The fraction of sp³-hybridized carbons (Fsp3) is 0.435. The second kappa shape index (κ2) is 7.01. The Morgan fingerprint density at radius 3 is 2.81 bits per heavy atom. The number of hydrogen-bond donors (Lipinski definition) is 2. The van der Waals surface area contributed by atoms with Gasteiger partial charge in [0.1, 0.15) is 5.82 Å². The average Bonchev–Trinajstić information content (AvgIpc) is 3.07. The van der Waals surface area contributed by atoms with Gasteiger partial charge in [-0.05, 0) is 56.8 Å². The molecular formula is C23H28N4. The fourth-order valence-corrected chi connectivity index (χ4v) is 4.72. The van der Waals surface area contributed by atoms with Gasteiger partial charge in [-0.15, -0.1) is 0 Å². The summed E-state index contributed by atoms with van der Waals surface area (Å²) < 4.78 is 2.53. The molecule has 2 aromatic carbocycles. The van der Waals surface area contributed by atoms with E-state index in [1.807, 2.05) is 0 Å². The number of benzene rings is 2. The Labute approximate surface area is 161 Å². The molecule has 3 heterocycles. The van der Waals surface area contributed by atoms with Gasteiger partial charge < -0.3 is 15.2 Å². The highest BCUT2D eigenvalue weighted by Crippen LogP contribution is 2.35. The number of piperidine rings is 1. The first kappa shape index (κ1) is 16.8. The van der Waals surface area contributed by atoms with Crippen molar-refractivity contribution in [1.29, 1.82) is 0 Å². The van der Waals surface area contributed by atoms with Crippen LogP contribution in [0.25, 0.3) is 11.0 Å². The summed E-state index contributed by atoms with van der Waals surface area (Å²) in [6.45, 7) is 4.44. The molecule has 140 valence electrons. The molecule has 2 aliphatic heterocycles. The Balaban J connectivity index is 1.64. The topological polar surface area (TPSA) is 41.9 Å². The number of nitrogens with one attached hydrogen (secondary N) is 2. The zero-order valence-electron chi connectivity index (χ0n) is 16.0. The van der Waals surface area contributed by atoms with Gasteiger partial charge in [-0.25, -0.2) is 4.98 Å². The van der Waals surface area contributed by atoms with Crippen LogP contribution in [-0.2, 0) is 12.8 Å². The lowest BCUT2D eigenvalue weighted by Crippen LogP contribution is -2.32. The van der Waals surface area contributed by atoms with Crippen LogP contribution >= 0.6 is 0 Å². The Hall–Kier alpha value is -2.33. The zero-order chi connectivity index (χ0) is 18.2. The monoisotopic (exact) mass is 360 g/mol.